The Hall–Kier alpha value is -1.91. The van der Waals surface area contributed by atoms with Gasteiger partial charge in [-0.2, -0.15) is 4.31 Å². The second kappa shape index (κ2) is 8.55. The van der Waals surface area contributed by atoms with Gasteiger partial charge in [0.25, 0.3) is 10.0 Å². The Balaban J connectivity index is 1.53. The molecule has 10 heteroatoms. The molecule has 2 aromatic rings. The van der Waals surface area contributed by atoms with Crippen LogP contribution in [0.25, 0.3) is 0 Å². The minimum Gasteiger partial charge on any atom is -0.312 e. The zero-order chi connectivity index (χ0) is 22.2. The van der Waals surface area contributed by atoms with E-state index in [-0.39, 0.29) is 21.9 Å². The molecule has 31 heavy (non-hydrogen) atoms. The maximum Gasteiger partial charge on any atom is 0.257 e. The zero-order valence-electron chi connectivity index (χ0n) is 17.0. The zero-order valence-corrected chi connectivity index (χ0v) is 19.3. The molecular formula is C21H24ClN3O4S2. The van der Waals surface area contributed by atoms with Gasteiger partial charge >= 0.3 is 0 Å². The first-order valence-corrected chi connectivity index (χ1v) is 13.3. The molecule has 0 aromatic heterocycles. The highest BCUT2D eigenvalue weighted by Gasteiger charge is 2.42. The maximum atomic E-state index is 13.3. The lowest BCUT2D eigenvalue weighted by Crippen LogP contribution is -2.53. The lowest BCUT2D eigenvalue weighted by Gasteiger charge is -2.43. The average Bonchev–Trinajstić information content (AvgIpc) is 2.72. The number of hydrazine groups is 1. The van der Waals surface area contributed by atoms with Crippen LogP contribution in [-0.2, 0) is 20.0 Å². The molecular weight excluding hydrogens is 458 g/mol. The molecule has 7 nitrogen and oxygen atoms in total. The van der Waals surface area contributed by atoms with Crippen molar-refractivity contribution in [3.8, 4) is 0 Å². The molecule has 0 spiro atoms. The SMILES string of the molecule is Cc1ccc(S(=O)(=O)NNC2=CC3CCCC(C2)N3S(=O)(=O)c2ccc(Cl)cc2)cc1. The van der Waals surface area contributed by atoms with Gasteiger partial charge in [-0.1, -0.05) is 29.3 Å². The molecule has 0 radical (unpaired) electrons. The number of fused-ring (bicyclic) bond motifs is 2. The van der Waals surface area contributed by atoms with Crippen molar-refractivity contribution < 1.29 is 16.8 Å². The van der Waals surface area contributed by atoms with Gasteiger partial charge in [-0.05, 0) is 68.7 Å². The summed E-state index contributed by atoms with van der Waals surface area (Å²) in [7, 11) is -7.42. The number of piperidine rings is 1. The Morgan fingerprint density at radius 1 is 0.935 bits per heavy atom. The molecule has 1 saturated heterocycles. The van der Waals surface area contributed by atoms with Crippen LogP contribution in [0, 0.1) is 6.92 Å². The van der Waals surface area contributed by atoms with Crippen molar-refractivity contribution in [2.45, 2.75) is 54.5 Å². The van der Waals surface area contributed by atoms with Crippen molar-refractivity contribution in [2.24, 2.45) is 0 Å². The van der Waals surface area contributed by atoms with Gasteiger partial charge < -0.3 is 5.43 Å². The topological polar surface area (TPSA) is 95.6 Å². The van der Waals surface area contributed by atoms with E-state index in [4.69, 9.17) is 11.6 Å². The highest BCUT2D eigenvalue weighted by molar-refractivity contribution is 7.89. The molecule has 166 valence electrons. The fourth-order valence-electron chi connectivity index (χ4n) is 4.10. The van der Waals surface area contributed by atoms with Crippen molar-refractivity contribution in [3.05, 3.63) is 70.9 Å². The van der Waals surface area contributed by atoms with Crippen LogP contribution < -0.4 is 10.3 Å². The number of halogens is 1. The van der Waals surface area contributed by atoms with Crippen molar-refractivity contribution in [3.63, 3.8) is 0 Å². The fraction of sp³-hybridized carbons (Fsp3) is 0.333. The Kier molecular flexibility index (Phi) is 6.15. The third-order valence-electron chi connectivity index (χ3n) is 5.64. The second-order valence-corrected chi connectivity index (χ2v) is 11.8. The average molecular weight is 482 g/mol. The fourth-order valence-corrected chi connectivity index (χ4v) is 6.92. The number of nitrogens with one attached hydrogen (secondary N) is 2. The smallest absolute Gasteiger partial charge is 0.257 e. The van der Waals surface area contributed by atoms with E-state index in [1.54, 1.807) is 46.8 Å². The molecule has 2 unspecified atom stereocenters. The standard InChI is InChI=1S/C21H24ClN3O4S2/c1-15-5-9-20(10-6-15)30(26,27)24-23-17-13-18-3-2-4-19(14-17)25(18)31(28,29)21-11-7-16(22)8-12-21/h5-13,18-19,23-24H,2-4,14H2,1H3. The van der Waals surface area contributed by atoms with E-state index in [1.807, 2.05) is 6.92 Å². The second-order valence-electron chi connectivity index (χ2n) is 7.88. The molecule has 2 aliphatic rings. The minimum absolute atomic E-state index is 0.161. The summed E-state index contributed by atoms with van der Waals surface area (Å²) in [6.45, 7) is 1.89. The number of sulfonamides is 2. The molecule has 2 bridgehead atoms. The lowest BCUT2D eigenvalue weighted by molar-refractivity contribution is 0.190. The predicted octanol–water partition coefficient (Wildman–Crippen LogP) is 3.33. The Morgan fingerprint density at radius 3 is 2.23 bits per heavy atom. The summed E-state index contributed by atoms with van der Waals surface area (Å²) in [6, 6.07) is 12.1. The van der Waals surface area contributed by atoms with Crippen molar-refractivity contribution in [1.82, 2.24) is 14.6 Å². The molecule has 0 amide bonds. The minimum atomic E-state index is -3.74. The van der Waals surface area contributed by atoms with Crippen molar-refractivity contribution in [1.29, 1.82) is 0 Å². The highest BCUT2D eigenvalue weighted by atomic mass is 35.5. The molecule has 2 aliphatic heterocycles. The number of benzene rings is 2. The van der Waals surface area contributed by atoms with Crippen molar-refractivity contribution >= 4 is 31.6 Å². The largest absolute Gasteiger partial charge is 0.312 e. The van der Waals surface area contributed by atoms with Gasteiger partial charge in [0.15, 0.2) is 0 Å². The van der Waals surface area contributed by atoms with Crippen LogP contribution in [-0.4, -0.2) is 33.2 Å². The number of hydrogen-bond acceptors (Lipinski definition) is 5. The maximum absolute atomic E-state index is 13.3. The van der Waals surface area contributed by atoms with Crippen LogP contribution in [0.5, 0.6) is 0 Å². The van der Waals surface area contributed by atoms with Crippen LogP contribution in [0.2, 0.25) is 5.02 Å². The van der Waals surface area contributed by atoms with Crippen LogP contribution in [0.1, 0.15) is 31.2 Å². The Bertz CT molecular complexity index is 1190. The normalized spacial score (nSPS) is 22.1. The molecule has 2 heterocycles. The van der Waals surface area contributed by atoms with Gasteiger partial charge in [-0.25, -0.2) is 16.8 Å². The monoisotopic (exact) mass is 481 g/mol. The van der Waals surface area contributed by atoms with Gasteiger partial charge in [0.05, 0.1) is 9.79 Å². The van der Waals surface area contributed by atoms with E-state index in [0.29, 0.717) is 30.0 Å². The molecule has 0 aliphatic carbocycles. The first-order valence-electron chi connectivity index (χ1n) is 10.0. The van der Waals surface area contributed by atoms with E-state index in [9.17, 15) is 16.8 Å². The molecule has 1 fully saturated rings. The molecule has 0 saturated carbocycles. The van der Waals surface area contributed by atoms with Crippen molar-refractivity contribution in [2.75, 3.05) is 0 Å². The Labute approximate surface area is 188 Å². The summed E-state index contributed by atoms with van der Waals surface area (Å²) in [4.78, 5) is 2.78. The number of aryl methyl sites for hydroxylation is 1. The van der Waals surface area contributed by atoms with Gasteiger partial charge in [0, 0.05) is 29.2 Å². The first-order chi connectivity index (χ1) is 14.7. The summed E-state index contributed by atoms with van der Waals surface area (Å²) in [5.41, 5.74) is 4.45. The number of nitrogens with zero attached hydrogens (tertiary/aromatic N) is 1. The quantitative estimate of drug-likeness (QED) is 0.617. The van der Waals surface area contributed by atoms with Gasteiger partial charge in [-0.3, -0.25) is 0 Å². The number of rotatable bonds is 6. The molecule has 2 aromatic carbocycles. The van der Waals surface area contributed by atoms with E-state index in [1.165, 1.54) is 12.1 Å². The molecule has 2 atom stereocenters. The van der Waals surface area contributed by atoms with E-state index in [0.717, 1.165) is 12.0 Å². The van der Waals surface area contributed by atoms with Crippen LogP contribution in [0.4, 0.5) is 0 Å². The van der Waals surface area contributed by atoms with Crippen LogP contribution in [0.3, 0.4) is 0 Å². The molecule has 4 rings (SSSR count). The third kappa shape index (κ3) is 4.65. The van der Waals surface area contributed by atoms with E-state index in [2.05, 4.69) is 10.3 Å². The van der Waals surface area contributed by atoms with Crippen LogP contribution in [0.15, 0.2) is 70.1 Å². The first kappa shape index (κ1) is 22.3. The summed E-state index contributed by atoms with van der Waals surface area (Å²) in [5.74, 6) is 0. The summed E-state index contributed by atoms with van der Waals surface area (Å²) >= 11 is 5.90. The number of hydrogen-bond donors (Lipinski definition) is 2. The summed E-state index contributed by atoms with van der Waals surface area (Å²) in [5, 5.41) is 0.477. The van der Waals surface area contributed by atoms with E-state index >= 15 is 0 Å². The van der Waals surface area contributed by atoms with Gasteiger partial charge in [0.2, 0.25) is 10.0 Å². The summed E-state index contributed by atoms with van der Waals surface area (Å²) in [6.07, 6.45) is 4.52. The molecule has 2 N–H and O–H groups in total. The van der Waals surface area contributed by atoms with Gasteiger partial charge in [0.1, 0.15) is 0 Å². The van der Waals surface area contributed by atoms with E-state index < -0.39 is 20.0 Å². The Morgan fingerprint density at radius 2 is 1.58 bits per heavy atom. The predicted molar refractivity (Wildman–Crippen MR) is 119 cm³/mol. The van der Waals surface area contributed by atoms with Gasteiger partial charge in [-0.15, -0.1) is 4.83 Å². The lowest BCUT2D eigenvalue weighted by atomic mass is 9.90. The van der Waals surface area contributed by atoms with Crippen LogP contribution >= 0.6 is 11.6 Å². The highest BCUT2D eigenvalue weighted by Crippen LogP contribution is 2.37. The third-order valence-corrected chi connectivity index (χ3v) is 9.15. The summed E-state index contributed by atoms with van der Waals surface area (Å²) < 4.78 is 53.2.